The van der Waals surface area contributed by atoms with Gasteiger partial charge in [-0.15, -0.1) is 12.4 Å². The van der Waals surface area contributed by atoms with Crippen molar-refractivity contribution in [2.75, 3.05) is 26.2 Å². The van der Waals surface area contributed by atoms with Gasteiger partial charge >= 0.3 is 6.09 Å². The molecule has 2 bridgehead atoms. The van der Waals surface area contributed by atoms with E-state index in [1.165, 1.54) is 0 Å². The van der Waals surface area contributed by atoms with Crippen LogP contribution in [0.25, 0.3) is 0 Å². The Kier molecular flexibility index (Phi) is 4.66. The third-order valence-corrected chi connectivity index (χ3v) is 3.84. The van der Waals surface area contributed by atoms with Crippen molar-refractivity contribution in [2.24, 2.45) is 0 Å². The summed E-state index contributed by atoms with van der Waals surface area (Å²) in [6.45, 7) is 3.98. The second-order valence-corrected chi connectivity index (χ2v) is 4.95. The Hall–Kier alpha value is -1.26. The first-order valence-electron chi connectivity index (χ1n) is 6.59. The van der Waals surface area contributed by atoms with Crippen LogP contribution in [0.2, 0.25) is 0 Å². The standard InChI is InChI=1S/C14H18N2O2.ClH/c17-14(18-13-4-2-1-3-5-13)16-11-10-15-8-6-12(16)7-9-15;/h1-5,12H,6-11H2;1H. The Balaban J connectivity index is 0.00000133. The highest BCUT2D eigenvalue weighted by molar-refractivity contribution is 5.85. The molecule has 1 aromatic carbocycles. The van der Waals surface area contributed by atoms with Crippen molar-refractivity contribution in [3.63, 3.8) is 0 Å². The average molecular weight is 283 g/mol. The lowest BCUT2D eigenvalue weighted by Gasteiger charge is -2.30. The first-order chi connectivity index (χ1) is 8.83. The minimum Gasteiger partial charge on any atom is -0.410 e. The van der Waals surface area contributed by atoms with Gasteiger partial charge in [-0.25, -0.2) is 4.79 Å². The van der Waals surface area contributed by atoms with Crippen LogP contribution in [0.4, 0.5) is 4.79 Å². The SMILES string of the molecule is Cl.O=C(Oc1ccccc1)N1CCN2CCC1CC2. The number of fused-ring (bicyclic) bond motifs is 4. The number of benzene rings is 1. The zero-order valence-corrected chi connectivity index (χ0v) is 11.6. The highest BCUT2D eigenvalue weighted by atomic mass is 35.5. The summed E-state index contributed by atoms with van der Waals surface area (Å²) in [4.78, 5) is 16.5. The maximum atomic E-state index is 12.2. The summed E-state index contributed by atoms with van der Waals surface area (Å²) in [6.07, 6.45) is 1.95. The van der Waals surface area contributed by atoms with E-state index in [1.807, 2.05) is 35.2 Å². The van der Waals surface area contributed by atoms with E-state index < -0.39 is 0 Å². The van der Waals surface area contributed by atoms with Gasteiger partial charge in [0.1, 0.15) is 5.75 Å². The third-order valence-electron chi connectivity index (χ3n) is 3.84. The fourth-order valence-electron chi connectivity index (χ4n) is 2.77. The molecule has 3 aliphatic heterocycles. The Morgan fingerprint density at radius 3 is 2.42 bits per heavy atom. The molecule has 0 radical (unpaired) electrons. The maximum absolute atomic E-state index is 12.2. The van der Waals surface area contributed by atoms with E-state index >= 15 is 0 Å². The van der Waals surface area contributed by atoms with Gasteiger partial charge in [0.25, 0.3) is 0 Å². The molecular weight excluding hydrogens is 264 g/mol. The molecule has 0 aliphatic carbocycles. The average Bonchev–Trinajstić information content (AvgIpc) is 2.73. The van der Waals surface area contributed by atoms with Gasteiger partial charge in [0.15, 0.2) is 0 Å². The zero-order chi connectivity index (χ0) is 12.4. The number of ether oxygens (including phenoxy) is 1. The number of rotatable bonds is 1. The number of carbonyl (C=O) groups is 1. The van der Waals surface area contributed by atoms with Gasteiger partial charge in [0.05, 0.1) is 0 Å². The maximum Gasteiger partial charge on any atom is 0.415 e. The molecule has 3 fully saturated rings. The van der Waals surface area contributed by atoms with Crippen LogP contribution in [0.1, 0.15) is 12.8 Å². The van der Waals surface area contributed by atoms with Gasteiger partial charge in [-0.3, -0.25) is 0 Å². The Morgan fingerprint density at radius 1 is 1.05 bits per heavy atom. The molecule has 19 heavy (non-hydrogen) atoms. The van der Waals surface area contributed by atoms with Crippen LogP contribution in [0, 0.1) is 0 Å². The molecule has 0 unspecified atom stereocenters. The Morgan fingerprint density at radius 2 is 1.74 bits per heavy atom. The molecule has 1 aromatic rings. The van der Waals surface area contributed by atoms with E-state index in [0.717, 1.165) is 39.0 Å². The van der Waals surface area contributed by atoms with Crippen LogP contribution in [0.15, 0.2) is 30.3 Å². The third kappa shape index (κ3) is 3.19. The van der Waals surface area contributed by atoms with Crippen molar-refractivity contribution in [3.8, 4) is 5.75 Å². The lowest BCUT2D eigenvalue weighted by atomic mass is 10.1. The largest absolute Gasteiger partial charge is 0.415 e. The summed E-state index contributed by atoms with van der Waals surface area (Å²) in [5.74, 6) is 0.626. The van der Waals surface area contributed by atoms with E-state index in [9.17, 15) is 4.79 Å². The highest BCUT2D eigenvalue weighted by Crippen LogP contribution is 2.22. The van der Waals surface area contributed by atoms with E-state index in [4.69, 9.17) is 4.74 Å². The molecule has 1 amide bonds. The quantitative estimate of drug-likeness (QED) is 0.793. The Labute approximate surface area is 119 Å². The molecular formula is C14H19ClN2O2. The molecule has 0 aromatic heterocycles. The van der Waals surface area contributed by atoms with Gasteiger partial charge in [0.2, 0.25) is 0 Å². The van der Waals surface area contributed by atoms with Crippen LogP contribution in [-0.4, -0.2) is 48.1 Å². The van der Waals surface area contributed by atoms with E-state index in [1.54, 1.807) is 0 Å². The monoisotopic (exact) mass is 282 g/mol. The summed E-state index contributed by atoms with van der Waals surface area (Å²) in [7, 11) is 0. The van der Waals surface area contributed by atoms with E-state index in [0.29, 0.717) is 11.8 Å². The van der Waals surface area contributed by atoms with Gasteiger partial charge in [-0.05, 0) is 25.0 Å². The summed E-state index contributed by atoms with van der Waals surface area (Å²) < 4.78 is 5.43. The number of nitrogens with zero attached hydrogens (tertiary/aromatic N) is 2. The number of amides is 1. The fourth-order valence-corrected chi connectivity index (χ4v) is 2.77. The van der Waals surface area contributed by atoms with Crippen molar-refractivity contribution in [1.29, 1.82) is 0 Å². The molecule has 4 nitrogen and oxygen atoms in total. The van der Waals surface area contributed by atoms with Crippen LogP contribution in [0.5, 0.6) is 5.75 Å². The first kappa shape index (κ1) is 14.2. The van der Waals surface area contributed by atoms with Crippen LogP contribution >= 0.6 is 12.4 Å². The topological polar surface area (TPSA) is 32.8 Å². The molecule has 0 atom stereocenters. The predicted octanol–water partition coefficient (Wildman–Crippen LogP) is 2.39. The lowest BCUT2D eigenvalue weighted by molar-refractivity contribution is 0.131. The van der Waals surface area contributed by atoms with Crippen molar-refractivity contribution in [1.82, 2.24) is 9.80 Å². The summed E-state index contributed by atoms with van der Waals surface area (Å²) >= 11 is 0. The molecule has 104 valence electrons. The molecule has 3 saturated heterocycles. The molecule has 0 spiro atoms. The smallest absolute Gasteiger partial charge is 0.410 e. The Bertz CT molecular complexity index is 419. The first-order valence-corrected chi connectivity index (χ1v) is 6.59. The van der Waals surface area contributed by atoms with Crippen molar-refractivity contribution < 1.29 is 9.53 Å². The summed E-state index contributed by atoms with van der Waals surface area (Å²) in [5.41, 5.74) is 0. The van der Waals surface area contributed by atoms with E-state index in [-0.39, 0.29) is 18.5 Å². The van der Waals surface area contributed by atoms with Gasteiger partial charge in [-0.2, -0.15) is 0 Å². The normalized spacial score (nSPS) is 25.4. The summed E-state index contributed by atoms with van der Waals surface area (Å²) in [5, 5.41) is 0. The van der Waals surface area contributed by atoms with Crippen LogP contribution < -0.4 is 4.74 Å². The van der Waals surface area contributed by atoms with Crippen molar-refractivity contribution in [3.05, 3.63) is 30.3 Å². The lowest BCUT2D eigenvalue weighted by Crippen LogP contribution is -2.43. The van der Waals surface area contributed by atoms with Gasteiger partial charge in [-0.1, -0.05) is 18.2 Å². The number of para-hydroxylation sites is 1. The van der Waals surface area contributed by atoms with Crippen molar-refractivity contribution >= 4 is 18.5 Å². The second-order valence-electron chi connectivity index (χ2n) is 4.95. The van der Waals surface area contributed by atoms with Gasteiger partial charge < -0.3 is 14.5 Å². The predicted molar refractivity (Wildman–Crippen MR) is 75.9 cm³/mol. The minimum atomic E-state index is -0.199. The molecule has 5 heteroatoms. The molecule has 3 aliphatic rings. The van der Waals surface area contributed by atoms with Crippen LogP contribution in [0.3, 0.4) is 0 Å². The molecule has 0 saturated carbocycles. The second kappa shape index (κ2) is 6.26. The summed E-state index contributed by atoms with van der Waals surface area (Å²) in [6, 6.07) is 9.66. The number of carbonyl (C=O) groups excluding carboxylic acids is 1. The van der Waals surface area contributed by atoms with Crippen LogP contribution in [-0.2, 0) is 0 Å². The molecule has 4 rings (SSSR count). The number of hydrogen-bond donors (Lipinski definition) is 0. The number of halogens is 1. The van der Waals surface area contributed by atoms with E-state index in [2.05, 4.69) is 4.90 Å². The van der Waals surface area contributed by atoms with Crippen molar-refractivity contribution in [2.45, 2.75) is 18.9 Å². The molecule has 0 N–H and O–H groups in total. The minimum absolute atomic E-state index is 0. The van der Waals surface area contributed by atoms with Gasteiger partial charge in [0, 0.05) is 32.2 Å². The fraction of sp³-hybridized carbons (Fsp3) is 0.500. The molecule has 3 heterocycles. The highest BCUT2D eigenvalue weighted by Gasteiger charge is 2.32. The number of hydrogen-bond acceptors (Lipinski definition) is 3. The zero-order valence-electron chi connectivity index (χ0n) is 10.8. The number of piperidine rings is 1.